The van der Waals surface area contributed by atoms with E-state index in [1.54, 1.807) is 25.3 Å². The Balaban J connectivity index is 1.96. The largest absolute Gasteiger partial charge is 0.497 e. The number of hydrogen-bond acceptors (Lipinski definition) is 4. The molecule has 0 unspecified atom stereocenters. The SMILES string of the molecule is COc1ccc(N)c(Oc2cccc3c2OC(C)(C)C3)c1. The van der Waals surface area contributed by atoms with E-state index < -0.39 is 0 Å². The first-order valence-corrected chi connectivity index (χ1v) is 6.91. The number of nitrogen functional groups attached to an aromatic ring is 1. The van der Waals surface area contributed by atoms with E-state index in [-0.39, 0.29) is 5.60 Å². The Labute approximate surface area is 124 Å². The fourth-order valence-electron chi connectivity index (χ4n) is 2.52. The molecule has 4 heteroatoms. The lowest BCUT2D eigenvalue weighted by Crippen LogP contribution is -2.24. The van der Waals surface area contributed by atoms with Crippen LogP contribution in [0.3, 0.4) is 0 Å². The highest BCUT2D eigenvalue weighted by molar-refractivity contribution is 5.59. The summed E-state index contributed by atoms with van der Waals surface area (Å²) < 4.78 is 17.2. The van der Waals surface area contributed by atoms with E-state index in [4.69, 9.17) is 19.9 Å². The van der Waals surface area contributed by atoms with Crippen molar-refractivity contribution in [1.29, 1.82) is 0 Å². The Morgan fingerprint density at radius 3 is 2.71 bits per heavy atom. The number of rotatable bonds is 3. The van der Waals surface area contributed by atoms with Gasteiger partial charge in [-0.15, -0.1) is 0 Å². The van der Waals surface area contributed by atoms with Crippen LogP contribution in [0.25, 0.3) is 0 Å². The van der Waals surface area contributed by atoms with Crippen LogP contribution >= 0.6 is 0 Å². The first-order chi connectivity index (χ1) is 9.98. The molecule has 0 amide bonds. The molecule has 0 bridgehead atoms. The van der Waals surface area contributed by atoms with Crippen LogP contribution in [0.2, 0.25) is 0 Å². The first kappa shape index (κ1) is 13.6. The van der Waals surface area contributed by atoms with Gasteiger partial charge in [0.05, 0.1) is 12.8 Å². The van der Waals surface area contributed by atoms with Gasteiger partial charge in [-0.05, 0) is 32.0 Å². The molecule has 4 nitrogen and oxygen atoms in total. The van der Waals surface area contributed by atoms with Gasteiger partial charge in [0.25, 0.3) is 0 Å². The maximum Gasteiger partial charge on any atom is 0.169 e. The highest BCUT2D eigenvalue weighted by atomic mass is 16.5. The van der Waals surface area contributed by atoms with Crippen molar-refractivity contribution in [1.82, 2.24) is 0 Å². The monoisotopic (exact) mass is 285 g/mol. The maximum atomic E-state index is 6.00. The zero-order valence-corrected chi connectivity index (χ0v) is 12.5. The third-order valence-corrected chi connectivity index (χ3v) is 3.50. The molecule has 1 aliphatic heterocycles. The van der Waals surface area contributed by atoms with Crippen LogP contribution in [0.4, 0.5) is 5.69 Å². The van der Waals surface area contributed by atoms with E-state index >= 15 is 0 Å². The normalized spacial score (nSPS) is 15.2. The average molecular weight is 285 g/mol. The van der Waals surface area contributed by atoms with Crippen molar-refractivity contribution in [3.63, 3.8) is 0 Å². The van der Waals surface area contributed by atoms with Crippen molar-refractivity contribution < 1.29 is 14.2 Å². The number of hydrogen-bond donors (Lipinski definition) is 1. The van der Waals surface area contributed by atoms with Gasteiger partial charge in [0.2, 0.25) is 0 Å². The predicted molar refractivity (Wildman–Crippen MR) is 82.3 cm³/mol. The topological polar surface area (TPSA) is 53.7 Å². The van der Waals surface area contributed by atoms with Crippen LogP contribution in [0.15, 0.2) is 36.4 Å². The quantitative estimate of drug-likeness (QED) is 0.872. The molecule has 1 heterocycles. The van der Waals surface area contributed by atoms with Crippen molar-refractivity contribution in [2.75, 3.05) is 12.8 Å². The average Bonchev–Trinajstić information content (AvgIpc) is 2.76. The molecule has 0 saturated heterocycles. The summed E-state index contributed by atoms with van der Waals surface area (Å²) >= 11 is 0. The van der Waals surface area contributed by atoms with Gasteiger partial charge < -0.3 is 19.9 Å². The van der Waals surface area contributed by atoms with Crippen LogP contribution in [0.1, 0.15) is 19.4 Å². The first-order valence-electron chi connectivity index (χ1n) is 6.91. The van der Waals surface area contributed by atoms with Crippen LogP contribution < -0.4 is 19.9 Å². The van der Waals surface area contributed by atoms with E-state index in [1.165, 1.54) is 0 Å². The molecule has 0 saturated carbocycles. The van der Waals surface area contributed by atoms with Crippen molar-refractivity contribution >= 4 is 5.69 Å². The summed E-state index contributed by atoms with van der Waals surface area (Å²) in [4.78, 5) is 0. The summed E-state index contributed by atoms with van der Waals surface area (Å²) in [6.07, 6.45) is 0.868. The van der Waals surface area contributed by atoms with E-state index in [0.717, 1.165) is 17.7 Å². The molecular weight excluding hydrogens is 266 g/mol. The molecule has 1 aliphatic rings. The summed E-state index contributed by atoms with van der Waals surface area (Å²) in [5.41, 5.74) is 7.48. The summed E-state index contributed by atoms with van der Waals surface area (Å²) in [7, 11) is 1.61. The molecule has 2 N–H and O–H groups in total. The van der Waals surface area contributed by atoms with Gasteiger partial charge in [-0.25, -0.2) is 0 Å². The van der Waals surface area contributed by atoms with Crippen LogP contribution in [-0.4, -0.2) is 12.7 Å². The molecule has 2 aromatic rings. The molecule has 0 radical (unpaired) electrons. The molecule has 110 valence electrons. The standard InChI is InChI=1S/C17H19NO3/c1-17(2)10-11-5-4-6-14(16(11)21-17)20-15-9-12(19-3)7-8-13(15)18/h4-9H,10,18H2,1-3H3. The second-order valence-corrected chi connectivity index (χ2v) is 5.79. The number of anilines is 1. The summed E-state index contributed by atoms with van der Waals surface area (Å²) in [5.74, 6) is 2.74. The number of fused-ring (bicyclic) bond motifs is 1. The van der Waals surface area contributed by atoms with Crippen LogP contribution in [0.5, 0.6) is 23.0 Å². The lowest BCUT2D eigenvalue weighted by molar-refractivity contribution is 0.135. The third-order valence-electron chi connectivity index (χ3n) is 3.50. The molecule has 2 aromatic carbocycles. The minimum atomic E-state index is -0.207. The lowest BCUT2D eigenvalue weighted by atomic mass is 10.0. The lowest BCUT2D eigenvalue weighted by Gasteiger charge is -2.18. The number of ether oxygens (including phenoxy) is 3. The molecule has 3 rings (SSSR count). The molecule has 0 aliphatic carbocycles. The van der Waals surface area contributed by atoms with Gasteiger partial charge in [0, 0.05) is 18.1 Å². The highest BCUT2D eigenvalue weighted by Crippen LogP contribution is 2.44. The number of para-hydroxylation sites is 1. The van der Waals surface area contributed by atoms with Gasteiger partial charge in [-0.1, -0.05) is 12.1 Å². The third kappa shape index (κ3) is 2.61. The van der Waals surface area contributed by atoms with Crippen LogP contribution in [-0.2, 0) is 6.42 Å². The second kappa shape index (κ2) is 4.88. The Morgan fingerprint density at radius 1 is 1.14 bits per heavy atom. The van der Waals surface area contributed by atoms with E-state index in [2.05, 4.69) is 19.9 Å². The fraction of sp³-hybridized carbons (Fsp3) is 0.294. The van der Waals surface area contributed by atoms with Crippen molar-refractivity contribution in [2.24, 2.45) is 0 Å². The Hall–Kier alpha value is -2.36. The van der Waals surface area contributed by atoms with Crippen molar-refractivity contribution in [3.05, 3.63) is 42.0 Å². The second-order valence-electron chi connectivity index (χ2n) is 5.79. The van der Waals surface area contributed by atoms with Crippen molar-refractivity contribution in [3.8, 4) is 23.0 Å². The van der Waals surface area contributed by atoms with Crippen molar-refractivity contribution in [2.45, 2.75) is 25.9 Å². The zero-order chi connectivity index (χ0) is 15.0. The molecule has 0 fully saturated rings. The summed E-state index contributed by atoms with van der Waals surface area (Å²) in [6.45, 7) is 4.13. The molecule has 0 aromatic heterocycles. The van der Waals surface area contributed by atoms with E-state index in [0.29, 0.717) is 22.9 Å². The molecular formula is C17H19NO3. The van der Waals surface area contributed by atoms with Crippen LogP contribution in [0, 0.1) is 0 Å². The van der Waals surface area contributed by atoms with Gasteiger partial charge in [0.15, 0.2) is 17.2 Å². The number of benzene rings is 2. The Bertz CT molecular complexity index is 680. The molecule has 21 heavy (non-hydrogen) atoms. The maximum absolute atomic E-state index is 6.00. The fourth-order valence-corrected chi connectivity index (χ4v) is 2.52. The van der Waals surface area contributed by atoms with E-state index in [1.807, 2.05) is 12.1 Å². The Morgan fingerprint density at radius 2 is 1.95 bits per heavy atom. The van der Waals surface area contributed by atoms with E-state index in [9.17, 15) is 0 Å². The minimum absolute atomic E-state index is 0.207. The van der Waals surface area contributed by atoms with Gasteiger partial charge in [-0.3, -0.25) is 0 Å². The Kier molecular flexibility index (Phi) is 3.16. The summed E-state index contributed by atoms with van der Waals surface area (Å²) in [5, 5.41) is 0. The highest BCUT2D eigenvalue weighted by Gasteiger charge is 2.32. The zero-order valence-electron chi connectivity index (χ0n) is 12.5. The molecule has 0 atom stereocenters. The summed E-state index contributed by atoms with van der Waals surface area (Å²) in [6, 6.07) is 11.3. The minimum Gasteiger partial charge on any atom is -0.497 e. The molecule has 0 spiro atoms. The number of nitrogens with two attached hydrogens (primary N) is 1. The predicted octanol–water partition coefficient (Wildman–Crippen LogP) is 3.78. The van der Waals surface area contributed by atoms with Gasteiger partial charge in [0.1, 0.15) is 11.4 Å². The van der Waals surface area contributed by atoms with Gasteiger partial charge >= 0.3 is 0 Å². The number of methoxy groups -OCH3 is 1. The smallest absolute Gasteiger partial charge is 0.169 e. The van der Waals surface area contributed by atoms with Gasteiger partial charge in [-0.2, -0.15) is 0 Å².